The molecule has 0 radical (unpaired) electrons. The van der Waals surface area contributed by atoms with Crippen LogP contribution in [0.4, 0.5) is 0 Å². The highest BCUT2D eigenvalue weighted by atomic mass is 16.5. The number of imidazole rings is 1. The Morgan fingerprint density at radius 2 is 2.15 bits per heavy atom. The van der Waals surface area contributed by atoms with Gasteiger partial charge in [-0.2, -0.15) is 0 Å². The van der Waals surface area contributed by atoms with Crippen LogP contribution in [0.5, 0.6) is 0 Å². The standard InChI is InChI=1S/C21H29N3O2/c1-4-5-8-16-13-24(14-19(26-16)15(2)3)21(25)18-10-7-6-9-17(18)20-22-11-12-23-20/h6-7,9-12,15-16,19H,4-5,8,13-14H2,1-3H3,(H,22,23)/t16-,19-/m1/s1. The largest absolute Gasteiger partial charge is 0.371 e. The first-order valence-corrected chi connectivity index (χ1v) is 9.63. The molecule has 1 aliphatic rings. The van der Waals surface area contributed by atoms with Crippen LogP contribution in [0, 0.1) is 5.92 Å². The molecule has 1 N–H and O–H groups in total. The molecule has 2 atom stereocenters. The van der Waals surface area contributed by atoms with E-state index in [1.54, 1.807) is 12.4 Å². The fraction of sp³-hybridized carbons (Fsp3) is 0.524. The Labute approximate surface area is 155 Å². The number of nitrogens with one attached hydrogen (secondary N) is 1. The van der Waals surface area contributed by atoms with Crippen LogP contribution in [-0.4, -0.2) is 46.1 Å². The molecule has 0 aliphatic carbocycles. The van der Waals surface area contributed by atoms with E-state index in [4.69, 9.17) is 4.74 Å². The summed E-state index contributed by atoms with van der Waals surface area (Å²) in [6, 6.07) is 7.69. The number of carbonyl (C=O) groups excluding carboxylic acids is 1. The van der Waals surface area contributed by atoms with Crippen LogP contribution in [0.1, 0.15) is 50.4 Å². The lowest BCUT2D eigenvalue weighted by Gasteiger charge is -2.40. The Hall–Kier alpha value is -2.14. The number of nitrogens with zero attached hydrogens (tertiary/aromatic N) is 2. The van der Waals surface area contributed by atoms with Gasteiger partial charge in [-0.25, -0.2) is 4.98 Å². The van der Waals surface area contributed by atoms with Crippen molar-refractivity contribution in [2.75, 3.05) is 13.1 Å². The van der Waals surface area contributed by atoms with Crippen LogP contribution in [0.2, 0.25) is 0 Å². The van der Waals surface area contributed by atoms with Gasteiger partial charge in [-0.1, -0.05) is 51.8 Å². The first-order chi connectivity index (χ1) is 12.6. The molecule has 2 aromatic rings. The molecule has 1 aromatic heterocycles. The van der Waals surface area contributed by atoms with Crippen LogP contribution < -0.4 is 0 Å². The summed E-state index contributed by atoms with van der Waals surface area (Å²) in [5, 5.41) is 0. The van der Waals surface area contributed by atoms with Crippen LogP contribution >= 0.6 is 0 Å². The Balaban J connectivity index is 1.84. The number of morpholine rings is 1. The van der Waals surface area contributed by atoms with E-state index in [0.29, 0.717) is 24.6 Å². The maximum Gasteiger partial charge on any atom is 0.254 e. The number of ether oxygens (including phenoxy) is 1. The van der Waals surface area contributed by atoms with Gasteiger partial charge in [-0.3, -0.25) is 4.79 Å². The number of carbonyl (C=O) groups is 1. The maximum atomic E-state index is 13.3. The van der Waals surface area contributed by atoms with Crippen molar-refractivity contribution in [1.82, 2.24) is 14.9 Å². The van der Waals surface area contributed by atoms with Gasteiger partial charge in [0.25, 0.3) is 5.91 Å². The summed E-state index contributed by atoms with van der Waals surface area (Å²) in [4.78, 5) is 22.7. The third kappa shape index (κ3) is 4.15. The minimum Gasteiger partial charge on any atom is -0.371 e. The fourth-order valence-electron chi connectivity index (χ4n) is 3.45. The highest BCUT2D eigenvalue weighted by Gasteiger charge is 2.33. The molecule has 5 nitrogen and oxygen atoms in total. The van der Waals surface area contributed by atoms with Crippen molar-refractivity contribution < 1.29 is 9.53 Å². The maximum absolute atomic E-state index is 13.3. The Morgan fingerprint density at radius 3 is 2.85 bits per heavy atom. The number of amides is 1. The monoisotopic (exact) mass is 355 g/mol. The number of aromatic nitrogens is 2. The lowest BCUT2D eigenvalue weighted by atomic mass is 10.00. The normalized spacial score (nSPS) is 20.5. The number of aromatic amines is 1. The molecule has 0 spiro atoms. The zero-order valence-electron chi connectivity index (χ0n) is 15.9. The van der Waals surface area contributed by atoms with Crippen molar-refractivity contribution in [3.63, 3.8) is 0 Å². The van der Waals surface area contributed by atoms with Gasteiger partial charge < -0.3 is 14.6 Å². The average molecular weight is 355 g/mol. The summed E-state index contributed by atoms with van der Waals surface area (Å²) < 4.78 is 6.26. The van der Waals surface area contributed by atoms with Crippen molar-refractivity contribution in [2.45, 2.75) is 52.2 Å². The highest BCUT2D eigenvalue weighted by Crippen LogP contribution is 2.26. The van der Waals surface area contributed by atoms with E-state index in [9.17, 15) is 4.79 Å². The summed E-state index contributed by atoms with van der Waals surface area (Å²) in [5.41, 5.74) is 1.54. The van der Waals surface area contributed by atoms with Gasteiger partial charge in [0.2, 0.25) is 0 Å². The molecule has 1 fully saturated rings. The second kappa shape index (κ2) is 8.49. The number of rotatable bonds is 6. The van der Waals surface area contributed by atoms with E-state index in [2.05, 4.69) is 30.7 Å². The number of hydrogen-bond acceptors (Lipinski definition) is 3. The summed E-state index contributed by atoms with van der Waals surface area (Å²) in [7, 11) is 0. The van der Waals surface area contributed by atoms with Gasteiger partial charge in [-0.15, -0.1) is 0 Å². The third-order valence-corrected chi connectivity index (χ3v) is 5.01. The van der Waals surface area contributed by atoms with Gasteiger partial charge in [0.1, 0.15) is 5.82 Å². The van der Waals surface area contributed by atoms with E-state index >= 15 is 0 Å². The lowest BCUT2D eigenvalue weighted by molar-refractivity contribution is -0.0962. The Morgan fingerprint density at radius 1 is 1.35 bits per heavy atom. The van der Waals surface area contributed by atoms with Crippen molar-refractivity contribution in [1.29, 1.82) is 0 Å². The third-order valence-electron chi connectivity index (χ3n) is 5.01. The van der Waals surface area contributed by atoms with Crippen LogP contribution in [0.15, 0.2) is 36.7 Å². The molecular weight excluding hydrogens is 326 g/mol. The van der Waals surface area contributed by atoms with Crippen LogP contribution in [0.25, 0.3) is 11.4 Å². The van der Waals surface area contributed by atoms with Gasteiger partial charge in [0, 0.05) is 31.0 Å². The predicted octanol–water partition coefficient (Wildman–Crippen LogP) is 4.13. The van der Waals surface area contributed by atoms with Gasteiger partial charge in [-0.05, 0) is 18.4 Å². The Kier molecular flexibility index (Phi) is 6.09. The van der Waals surface area contributed by atoms with E-state index in [1.165, 1.54) is 0 Å². The number of H-pyrrole nitrogens is 1. The SMILES string of the molecule is CCCC[C@@H]1CN(C(=O)c2ccccc2-c2ncc[nH]2)C[C@H](C(C)C)O1. The highest BCUT2D eigenvalue weighted by molar-refractivity contribution is 6.00. The fourth-order valence-corrected chi connectivity index (χ4v) is 3.45. The predicted molar refractivity (Wildman–Crippen MR) is 103 cm³/mol. The average Bonchev–Trinajstić information content (AvgIpc) is 3.20. The van der Waals surface area contributed by atoms with Crippen molar-refractivity contribution in [2.24, 2.45) is 5.92 Å². The van der Waals surface area contributed by atoms with Crippen molar-refractivity contribution in [3.8, 4) is 11.4 Å². The molecular formula is C21H29N3O2. The minimum atomic E-state index is 0.0625. The molecule has 1 aliphatic heterocycles. The zero-order chi connectivity index (χ0) is 18.5. The quantitative estimate of drug-likeness (QED) is 0.847. The van der Waals surface area contributed by atoms with E-state index in [1.807, 2.05) is 29.2 Å². The van der Waals surface area contributed by atoms with Gasteiger partial charge >= 0.3 is 0 Å². The molecule has 5 heteroatoms. The molecule has 26 heavy (non-hydrogen) atoms. The second-order valence-electron chi connectivity index (χ2n) is 7.38. The second-order valence-corrected chi connectivity index (χ2v) is 7.38. The summed E-state index contributed by atoms with van der Waals surface area (Å²) in [6.07, 6.45) is 6.97. The van der Waals surface area contributed by atoms with Crippen molar-refractivity contribution >= 4 is 5.91 Å². The van der Waals surface area contributed by atoms with Crippen LogP contribution in [0.3, 0.4) is 0 Å². The lowest BCUT2D eigenvalue weighted by Crippen LogP contribution is -2.51. The molecule has 0 unspecified atom stereocenters. The Bertz CT molecular complexity index is 712. The van der Waals surface area contributed by atoms with E-state index in [0.717, 1.165) is 30.7 Å². The van der Waals surface area contributed by atoms with E-state index in [-0.39, 0.29) is 18.1 Å². The van der Waals surface area contributed by atoms with Gasteiger partial charge in [0.15, 0.2) is 0 Å². The zero-order valence-corrected chi connectivity index (χ0v) is 15.9. The summed E-state index contributed by atoms with van der Waals surface area (Å²) in [6.45, 7) is 7.81. The number of benzene rings is 1. The van der Waals surface area contributed by atoms with Gasteiger partial charge in [0.05, 0.1) is 17.8 Å². The van der Waals surface area contributed by atoms with Crippen LogP contribution in [-0.2, 0) is 4.74 Å². The van der Waals surface area contributed by atoms with Crippen molar-refractivity contribution in [3.05, 3.63) is 42.2 Å². The molecule has 1 aromatic carbocycles. The topological polar surface area (TPSA) is 58.2 Å². The van der Waals surface area contributed by atoms with E-state index < -0.39 is 0 Å². The summed E-state index contributed by atoms with van der Waals surface area (Å²) >= 11 is 0. The molecule has 3 rings (SSSR count). The molecule has 140 valence electrons. The smallest absolute Gasteiger partial charge is 0.254 e. The first kappa shape index (κ1) is 18.6. The molecule has 1 saturated heterocycles. The first-order valence-electron chi connectivity index (χ1n) is 9.63. The minimum absolute atomic E-state index is 0.0625. The molecule has 1 amide bonds. The number of unbranched alkanes of at least 4 members (excludes halogenated alkanes) is 1. The molecule has 0 bridgehead atoms. The molecule has 0 saturated carbocycles. The number of hydrogen-bond donors (Lipinski definition) is 1. The molecule has 2 heterocycles. The summed E-state index contributed by atoms with van der Waals surface area (Å²) in [5.74, 6) is 1.17.